The Labute approximate surface area is 159 Å². The highest BCUT2D eigenvalue weighted by atomic mass is 79.9. The quantitative estimate of drug-likeness (QED) is 0.652. The lowest BCUT2D eigenvalue weighted by molar-refractivity contribution is 0.0750. The molecule has 132 valence electrons. The largest absolute Gasteiger partial charge is 0.334 e. The van der Waals surface area contributed by atoms with Crippen LogP contribution in [0.15, 0.2) is 47.2 Å². The fourth-order valence-electron chi connectivity index (χ4n) is 2.37. The Balaban J connectivity index is 0.00000225. The lowest BCUT2D eigenvalue weighted by Gasteiger charge is -2.20. The molecule has 0 bridgehead atoms. The van der Waals surface area contributed by atoms with E-state index in [0.29, 0.717) is 25.4 Å². The Morgan fingerprint density at radius 3 is 2.72 bits per heavy atom. The zero-order chi connectivity index (χ0) is 16.9. The van der Waals surface area contributed by atoms with Crippen LogP contribution in [-0.2, 0) is 6.42 Å². The lowest BCUT2D eigenvalue weighted by Crippen LogP contribution is -2.37. The van der Waals surface area contributed by atoms with Crippen LogP contribution in [0.4, 0.5) is 0 Å². The number of benzene rings is 1. The standard InChI is InChI=1S/C16H17BrN6O.ClH/c17-13-10-19-16-20-14(21-23(16)11-13)15(24)22(9-7-18)8-6-12-4-2-1-3-5-12;/h1-5,10-11H,6-9,18H2;1H. The molecule has 1 amide bonds. The van der Waals surface area contributed by atoms with Crippen molar-refractivity contribution in [3.63, 3.8) is 0 Å². The molecule has 2 N–H and O–H groups in total. The van der Waals surface area contributed by atoms with E-state index in [1.807, 2.05) is 30.3 Å². The van der Waals surface area contributed by atoms with E-state index in [9.17, 15) is 4.79 Å². The topological polar surface area (TPSA) is 89.4 Å². The van der Waals surface area contributed by atoms with Gasteiger partial charge in [0.25, 0.3) is 11.7 Å². The molecule has 0 saturated carbocycles. The molecule has 0 spiro atoms. The minimum absolute atomic E-state index is 0. The van der Waals surface area contributed by atoms with Gasteiger partial charge in [-0.1, -0.05) is 30.3 Å². The molecular formula is C16H18BrClN6O. The van der Waals surface area contributed by atoms with Crippen molar-refractivity contribution in [3.05, 3.63) is 58.6 Å². The minimum Gasteiger partial charge on any atom is -0.334 e. The van der Waals surface area contributed by atoms with Crippen LogP contribution < -0.4 is 5.73 Å². The van der Waals surface area contributed by atoms with Crippen LogP contribution in [0.3, 0.4) is 0 Å². The number of hydrogen-bond acceptors (Lipinski definition) is 5. The van der Waals surface area contributed by atoms with Gasteiger partial charge in [-0.3, -0.25) is 4.79 Å². The molecule has 2 aromatic heterocycles. The van der Waals surface area contributed by atoms with Crippen molar-refractivity contribution in [1.29, 1.82) is 0 Å². The van der Waals surface area contributed by atoms with Crippen molar-refractivity contribution in [2.24, 2.45) is 5.73 Å². The van der Waals surface area contributed by atoms with Gasteiger partial charge in [-0.25, -0.2) is 9.50 Å². The summed E-state index contributed by atoms with van der Waals surface area (Å²) in [6.45, 7) is 1.41. The van der Waals surface area contributed by atoms with Crippen molar-refractivity contribution < 1.29 is 4.79 Å². The predicted octanol–water partition coefficient (Wildman–Crippen LogP) is 1.95. The lowest BCUT2D eigenvalue weighted by atomic mass is 10.1. The van der Waals surface area contributed by atoms with Gasteiger partial charge in [0.15, 0.2) is 0 Å². The summed E-state index contributed by atoms with van der Waals surface area (Å²) in [4.78, 5) is 22.7. The SMILES string of the molecule is Cl.NCCN(CCc1ccccc1)C(=O)c1nc2ncc(Br)cn2n1. The number of fused-ring (bicyclic) bond motifs is 1. The maximum atomic E-state index is 12.7. The smallest absolute Gasteiger partial charge is 0.293 e. The Morgan fingerprint density at radius 1 is 1.24 bits per heavy atom. The number of aromatic nitrogens is 4. The van der Waals surface area contributed by atoms with Gasteiger partial charge in [0.1, 0.15) is 0 Å². The molecule has 2 heterocycles. The van der Waals surface area contributed by atoms with Gasteiger partial charge in [0.2, 0.25) is 5.82 Å². The molecule has 0 aliphatic carbocycles. The number of amides is 1. The van der Waals surface area contributed by atoms with E-state index >= 15 is 0 Å². The number of nitrogens with two attached hydrogens (primary N) is 1. The summed E-state index contributed by atoms with van der Waals surface area (Å²) in [7, 11) is 0. The molecule has 0 saturated heterocycles. The fourth-order valence-corrected chi connectivity index (χ4v) is 2.67. The van der Waals surface area contributed by atoms with Crippen LogP contribution in [-0.4, -0.2) is 50.0 Å². The second-order valence-corrected chi connectivity index (χ2v) is 6.18. The second-order valence-electron chi connectivity index (χ2n) is 5.27. The van der Waals surface area contributed by atoms with Gasteiger partial charge in [0.05, 0.1) is 4.47 Å². The third kappa shape index (κ3) is 4.75. The average Bonchev–Trinajstić information content (AvgIpc) is 3.02. The first kappa shape index (κ1) is 19.3. The van der Waals surface area contributed by atoms with Gasteiger partial charge in [0, 0.05) is 32.0 Å². The van der Waals surface area contributed by atoms with Crippen molar-refractivity contribution in [1.82, 2.24) is 24.5 Å². The first-order chi connectivity index (χ1) is 11.7. The minimum atomic E-state index is -0.238. The average molecular weight is 426 g/mol. The number of carbonyl (C=O) groups is 1. The van der Waals surface area contributed by atoms with Gasteiger partial charge >= 0.3 is 0 Å². The number of hydrogen-bond donors (Lipinski definition) is 1. The maximum absolute atomic E-state index is 12.7. The molecule has 7 nitrogen and oxygen atoms in total. The van der Waals surface area contributed by atoms with Crippen molar-refractivity contribution in [2.75, 3.05) is 19.6 Å². The normalized spacial score (nSPS) is 10.5. The molecular weight excluding hydrogens is 408 g/mol. The third-order valence-corrected chi connectivity index (χ3v) is 3.96. The molecule has 25 heavy (non-hydrogen) atoms. The van der Waals surface area contributed by atoms with E-state index in [1.165, 1.54) is 10.1 Å². The number of carbonyl (C=O) groups excluding carboxylic acids is 1. The molecule has 0 atom stereocenters. The van der Waals surface area contributed by atoms with Crippen molar-refractivity contribution in [3.8, 4) is 0 Å². The van der Waals surface area contributed by atoms with Crippen molar-refractivity contribution >= 4 is 40.0 Å². The summed E-state index contributed by atoms with van der Waals surface area (Å²) < 4.78 is 2.25. The summed E-state index contributed by atoms with van der Waals surface area (Å²) in [5, 5.41) is 4.21. The van der Waals surface area contributed by atoms with Gasteiger partial charge in [-0.05, 0) is 27.9 Å². The van der Waals surface area contributed by atoms with Gasteiger partial charge < -0.3 is 10.6 Å². The predicted molar refractivity (Wildman–Crippen MR) is 101 cm³/mol. The van der Waals surface area contributed by atoms with Crippen molar-refractivity contribution in [2.45, 2.75) is 6.42 Å². The van der Waals surface area contributed by atoms with Crippen LogP contribution in [0, 0.1) is 0 Å². The number of nitrogens with zero attached hydrogens (tertiary/aromatic N) is 5. The zero-order valence-electron chi connectivity index (χ0n) is 13.4. The Bertz CT molecular complexity index is 841. The third-order valence-electron chi connectivity index (χ3n) is 3.55. The first-order valence-corrected chi connectivity index (χ1v) is 8.38. The molecule has 0 aliphatic rings. The first-order valence-electron chi connectivity index (χ1n) is 7.58. The van der Waals surface area contributed by atoms with Crippen LogP contribution in [0.2, 0.25) is 0 Å². The van der Waals surface area contributed by atoms with E-state index in [1.54, 1.807) is 17.3 Å². The molecule has 3 aromatic rings. The zero-order valence-corrected chi connectivity index (χ0v) is 15.8. The van der Waals surface area contributed by atoms with Gasteiger partial charge in [-0.2, -0.15) is 4.98 Å². The summed E-state index contributed by atoms with van der Waals surface area (Å²) >= 11 is 3.32. The highest BCUT2D eigenvalue weighted by Crippen LogP contribution is 2.09. The van der Waals surface area contributed by atoms with Crippen LogP contribution in [0.5, 0.6) is 0 Å². The molecule has 0 aliphatic heterocycles. The maximum Gasteiger partial charge on any atom is 0.293 e. The summed E-state index contributed by atoms with van der Waals surface area (Å²) in [5.41, 5.74) is 6.82. The number of halogens is 2. The second kappa shape index (κ2) is 8.89. The molecule has 0 unspecified atom stereocenters. The molecule has 0 fully saturated rings. The molecule has 9 heteroatoms. The van der Waals surface area contributed by atoms with E-state index < -0.39 is 0 Å². The fraction of sp³-hybridized carbons (Fsp3) is 0.250. The van der Waals surface area contributed by atoms with E-state index in [4.69, 9.17) is 5.73 Å². The summed E-state index contributed by atoms with van der Waals surface area (Å²) in [6, 6.07) is 10.0. The van der Waals surface area contributed by atoms with E-state index in [0.717, 1.165) is 10.9 Å². The molecule has 1 aromatic carbocycles. The van der Waals surface area contributed by atoms with Crippen LogP contribution >= 0.6 is 28.3 Å². The Kier molecular flexibility index (Phi) is 6.86. The van der Waals surface area contributed by atoms with Crippen LogP contribution in [0.25, 0.3) is 5.78 Å². The molecule has 3 rings (SSSR count). The highest BCUT2D eigenvalue weighted by Gasteiger charge is 2.20. The molecule has 0 radical (unpaired) electrons. The monoisotopic (exact) mass is 424 g/mol. The Morgan fingerprint density at radius 2 is 2.00 bits per heavy atom. The Hall–Kier alpha value is -2.03. The van der Waals surface area contributed by atoms with E-state index in [2.05, 4.69) is 31.0 Å². The number of rotatable bonds is 6. The van der Waals surface area contributed by atoms with Crippen LogP contribution in [0.1, 0.15) is 16.2 Å². The summed E-state index contributed by atoms with van der Waals surface area (Å²) in [6.07, 6.45) is 4.08. The van der Waals surface area contributed by atoms with E-state index in [-0.39, 0.29) is 24.1 Å². The highest BCUT2D eigenvalue weighted by molar-refractivity contribution is 9.10. The van der Waals surface area contributed by atoms with Gasteiger partial charge in [-0.15, -0.1) is 17.5 Å². The summed E-state index contributed by atoms with van der Waals surface area (Å²) in [5.74, 6) is 0.275.